The van der Waals surface area contributed by atoms with Crippen LogP contribution in [-0.2, 0) is 32.6 Å². The first-order valence-corrected chi connectivity index (χ1v) is 15.8. The van der Waals surface area contributed by atoms with Crippen LogP contribution >= 0.6 is 23.2 Å². The number of nitrogens with zero attached hydrogens (tertiary/aromatic N) is 2. The molecule has 0 radical (unpaired) electrons. The van der Waals surface area contributed by atoms with Crippen LogP contribution in [0, 0.1) is 6.92 Å². The second kappa shape index (κ2) is 14.2. The molecule has 3 aromatic rings. The number of anilines is 1. The van der Waals surface area contributed by atoms with E-state index in [-0.39, 0.29) is 23.4 Å². The van der Waals surface area contributed by atoms with Gasteiger partial charge in [0.1, 0.15) is 12.6 Å². The molecule has 1 N–H and O–H groups in total. The van der Waals surface area contributed by atoms with Crippen LogP contribution in [0.25, 0.3) is 0 Å². The standard InChI is InChI=1S/C31H37Cl2N3O4S/c1-6-22(4)34-31(38)23(5)35(19-26-27(32)12-10-13-28(26)33)30(37)20-36(29-14-9-8-11-24(29)7-2)41(39,40)25-17-15-21(3)16-18-25/h8-18,22-23H,6-7,19-20H2,1-5H3,(H,34,38)/t22-,23-/m0/s1. The number of halogens is 2. The number of para-hydroxylation sites is 1. The molecular formula is C31H37Cl2N3O4S. The van der Waals surface area contributed by atoms with Crippen molar-refractivity contribution in [1.29, 1.82) is 0 Å². The summed E-state index contributed by atoms with van der Waals surface area (Å²) in [5.74, 6) is -0.938. The Morgan fingerprint density at radius 3 is 2.10 bits per heavy atom. The molecule has 0 aliphatic heterocycles. The first-order chi connectivity index (χ1) is 19.4. The van der Waals surface area contributed by atoms with E-state index >= 15 is 0 Å². The monoisotopic (exact) mass is 617 g/mol. The van der Waals surface area contributed by atoms with Gasteiger partial charge in [0.2, 0.25) is 11.8 Å². The normalized spacial score (nSPS) is 12.9. The number of carbonyl (C=O) groups is 2. The van der Waals surface area contributed by atoms with Gasteiger partial charge >= 0.3 is 0 Å². The molecule has 0 saturated heterocycles. The zero-order valence-electron chi connectivity index (χ0n) is 24.0. The summed E-state index contributed by atoms with van der Waals surface area (Å²) in [6, 6.07) is 17.5. The largest absolute Gasteiger partial charge is 0.352 e. The lowest BCUT2D eigenvalue weighted by atomic mass is 10.1. The van der Waals surface area contributed by atoms with Crippen molar-refractivity contribution in [1.82, 2.24) is 10.2 Å². The van der Waals surface area contributed by atoms with Crippen molar-refractivity contribution in [3.05, 3.63) is 93.5 Å². The van der Waals surface area contributed by atoms with E-state index in [2.05, 4.69) is 5.32 Å². The van der Waals surface area contributed by atoms with Gasteiger partial charge in [-0.2, -0.15) is 0 Å². The summed E-state index contributed by atoms with van der Waals surface area (Å²) < 4.78 is 29.2. The zero-order chi connectivity index (χ0) is 30.3. The van der Waals surface area contributed by atoms with Crippen molar-refractivity contribution < 1.29 is 18.0 Å². The molecule has 0 aromatic heterocycles. The average molecular weight is 619 g/mol. The lowest BCUT2D eigenvalue weighted by molar-refractivity contribution is -0.139. The van der Waals surface area contributed by atoms with E-state index in [1.54, 1.807) is 49.4 Å². The Bertz CT molecular complexity index is 1460. The maximum atomic E-state index is 14.1. The molecule has 41 heavy (non-hydrogen) atoms. The number of carbonyl (C=O) groups excluding carboxylic acids is 2. The number of rotatable bonds is 12. The second-order valence-corrected chi connectivity index (χ2v) is 12.7. The summed E-state index contributed by atoms with van der Waals surface area (Å²) >= 11 is 12.9. The number of hydrogen-bond acceptors (Lipinski definition) is 4. The Balaban J connectivity index is 2.10. The number of sulfonamides is 1. The van der Waals surface area contributed by atoms with Gasteiger partial charge in [0, 0.05) is 28.2 Å². The molecule has 2 atom stereocenters. The summed E-state index contributed by atoms with van der Waals surface area (Å²) in [6.45, 7) is 8.61. The van der Waals surface area contributed by atoms with Crippen molar-refractivity contribution >= 4 is 50.7 Å². The quantitative estimate of drug-likeness (QED) is 0.255. The molecule has 0 spiro atoms. The van der Waals surface area contributed by atoms with Gasteiger partial charge in [-0.1, -0.05) is 79.0 Å². The molecule has 0 heterocycles. The molecule has 3 aromatic carbocycles. The highest BCUT2D eigenvalue weighted by molar-refractivity contribution is 7.92. The van der Waals surface area contributed by atoms with Gasteiger partial charge < -0.3 is 10.2 Å². The predicted octanol–water partition coefficient (Wildman–Crippen LogP) is 6.39. The number of amides is 2. The van der Waals surface area contributed by atoms with Crippen LogP contribution in [0.1, 0.15) is 50.8 Å². The van der Waals surface area contributed by atoms with Gasteiger partial charge in [-0.15, -0.1) is 0 Å². The van der Waals surface area contributed by atoms with Crippen LogP contribution in [0.2, 0.25) is 10.0 Å². The Labute approximate surface area is 253 Å². The summed E-state index contributed by atoms with van der Waals surface area (Å²) in [5, 5.41) is 3.59. The third kappa shape index (κ3) is 7.82. The molecule has 220 valence electrons. The van der Waals surface area contributed by atoms with Gasteiger partial charge in [-0.05, 0) is 69.5 Å². The highest BCUT2D eigenvalue weighted by Crippen LogP contribution is 2.30. The predicted molar refractivity (Wildman–Crippen MR) is 166 cm³/mol. The Morgan fingerprint density at radius 2 is 1.51 bits per heavy atom. The molecular weight excluding hydrogens is 581 g/mol. The van der Waals surface area contributed by atoms with Crippen LogP contribution in [0.3, 0.4) is 0 Å². The Hall–Kier alpha value is -3.07. The van der Waals surface area contributed by atoms with Gasteiger partial charge in [-0.25, -0.2) is 8.42 Å². The third-order valence-corrected chi connectivity index (χ3v) is 9.57. The van der Waals surface area contributed by atoms with Gasteiger partial charge in [0.05, 0.1) is 10.6 Å². The fourth-order valence-electron chi connectivity index (χ4n) is 4.31. The van der Waals surface area contributed by atoms with Crippen molar-refractivity contribution in [2.24, 2.45) is 0 Å². The topological polar surface area (TPSA) is 86.8 Å². The second-order valence-electron chi connectivity index (χ2n) is 10.0. The third-order valence-electron chi connectivity index (χ3n) is 7.09. The van der Waals surface area contributed by atoms with Crippen LogP contribution in [0.4, 0.5) is 5.69 Å². The highest BCUT2D eigenvalue weighted by Gasteiger charge is 2.34. The average Bonchev–Trinajstić information content (AvgIpc) is 2.95. The minimum Gasteiger partial charge on any atom is -0.352 e. The van der Waals surface area contributed by atoms with E-state index in [0.29, 0.717) is 34.1 Å². The van der Waals surface area contributed by atoms with Crippen LogP contribution in [-0.4, -0.2) is 43.8 Å². The molecule has 0 fully saturated rings. The van der Waals surface area contributed by atoms with E-state index in [9.17, 15) is 18.0 Å². The minimum atomic E-state index is -4.16. The van der Waals surface area contributed by atoms with Crippen LogP contribution < -0.4 is 9.62 Å². The number of nitrogens with one attached hydrogen (secondary N) is 1. The summed E-state index contributed by atoms with van der Waals surface area (Å²) in [4.78, 5) is 28.8. The smallest absolute Gasteiger partial charge is 0.264 e. The minimum absolute atomic E-state index is 0.0602. The number of benzene rings is 3. The van der Waals surface area contributed by atoms with Gasteiger partial charge in [0.25, 0.3) is 10.0 Å². The fraction of sp³-hybridized carbons (Fsp3) is 0.355. The first-order valence-electron chi connectivity index (χ1n) is 13.6. The molecule has 0 aliphatic rings. The number of hydrogen-bond donors (Lipinski definition) is 1. The lowest BCUT2D eigenvalue weighted by Gasteiger charge is -2.33. The maximum Gasteiger partial charge on any atom is 0.264 e. The molecule has 3 rings (SSSR count). The van der Waals surface area contributed by atoms with Crippen LogP contribution in [0.15, 0.2) is 71.6 Å². The van der Waals surface area contributed by atoms with Gasteiger partial charge in [-0.3, -0.25) is 13.9 Å². The molecule has 7 nitrogen and oxygen atoms in total. The highest BCUT2D eigenvalue weighted by atomic mass is 35.5. The van der Waals surface area contributed by atoms with Crippen molar-refractivity contribution in [3.63, 3.8) is 0 Å². The van der Waals surface area contributed by atoms with E-state index < -0.39 is 28.5 Å². The fourth-order valence-corrected chi connectivity index (χ4v) is 6.27. The molecule has 0 saturated carbocycles. The Morgan fingerprint density at radius 1 is 0.902 bits per heavy atom. The molecule has 0 aliphatic carbocycles. The van der Waals surface area contributed by atoms with E-state index in [0.717, 1.165) is 15.4 Å². The molecule has 2 amide bonds. The Kier molecular flexibility index (Phi) is 11.2. The van der Waals surface area contributed by atoms with E-state index in [1.807, 2.05) is 39.8 Å². The van der Waals surface area contributed by atoms with E-state index in [4.69, 9.17) is 23.2 Å². The molecule has 0 unspecified atom stereocenters. The van der Waals surface area contributed by atoms with E-state index in [1.165, 1.54) is 17.0 Å². The van der Waals surface area contributed by atoms with Crippen molar-refractivity contribution in [2.75, 3.05) is 10.8 Å². The molecule has 0 bridgehead atoms. The van der Waals surface area contributed by atoms with Crippen molar-refractivity contribution in [2.45, 2.75) is 71.0 Å². The maximum absolute atomic E-state index is 14.1. The van der Waals surface area contributed by atoms with Crippen molar-refractivity contribution in [3.8, 4) is 0 Å². The lowest BCUT2D eigenvalue weighted by Crippen LogP contribution is -2.52. The van der Waals surface area contributed by atoms with Gasteiger partial charge in [0.15, 0.2) is 0 Å². The number of aryl methyl sites for hydroxylation is 2. The zero-order valence-corrected chi connectivity index (χ0v) is 26.4. The molecule has 10 heteroatoms. The summed E-state index contributed by atoms with van der Waals surface area (Å²) in [6.07, 6.45) is 1.26. The first kappa shape index (κ1) is 32.4. The summed E-state index contributed by atoms with van der Waals surface area (Å²) in [5.41, 5.74) is 2.54. The SMILES string of the molecule is CCc1ccccc1N(CC(=O)N(Cc1c(Cl)cccc1Cl)[C@@H](C)C(=O)N[C@@H](C)CC)S(=O)(=O)c1ccc(C)cc1. The summed E-state index contributed by atoms with van der Waals surface area (Å²) in [7, 11) is -4.16. The van der Waals surface area contributed by atoms with Crippen LogP contribution in [0.5, 0.6) is 0 Å².